The number of rotatable bonds is 59. The molecule has 35 nitrogen and oxygen atoms in total. The van der Waals surface area contributed by atoms with Crippen LogP contribution in [0.5, 0.6) is 11.5 Å². The molecule has 0 bridgehead atoms. The molecule has 0 fully saturated rings. The molecule has 0 aromatic heterocycles. The second kappa shape index (κ2) is 62.0. The molecule has 117 heavy (non-hydrogen) atoms. The van der Waals surface area contributed by atoms with Crippen LogP contribution in [0.4, 0.5) is 0 Å². The Balaban J connectivity index is 0.000000767. The zero-order valence-corrected chi connectivity index (χ0v) is 67.6. The van der Waals surface area contributed by atoms with Gasteiger partial charge in [0.25, 0.3) is 0 Å². The lowest BCUT2D eigenvalue weighted by Crippen LogP contribution is -2.48. The fourth-order valence-corrected chi connectivity index (χ4v) is 11.7. The summed E-state index contributed by atoms with van der Waals surface area (Å²) in [6.45, 7) is 10.1. The monoisotopic (exact) mass is 1650 g/mol. The molecule has 0 spiro atoms. The summed E-state index contributed by atoms with van der Waals surface area (Å²) < 4.78 is 31.4. The Labute approximate surface area is 681 Å². The van der Waals surface area contributed by atoms with Gasteiger partial charge in [-0.3, -0.25) is 83.2 Å². The normalized spacial score (nSPS) is 12.8. The number of ether oxygens (including phenoxy) is 6. The number of carbonyl (C=O) groups excluding carboxylic acids is 14. The van der Waals surface area contributed by atoms with Crippen molar-refractivity contribution in [3.05, 3.63) is 131 Å². The van der Waals surface area contributed by atoms with Crippen LogP contribution in [-0.4, -0.2) is 224 Å². The first-order valence-corrected chi connectivity index (χ1v) is 38.8. The van der Waals surface area contributed by atoms with Crippen molar-refractivity contribution in [2.24, 2.45) is 23.7 Å². The van der Waals surface area contributed by atoms with Gasteiger partial charge in [-0.05, 0) is 111 Å². The molecular formula is C82H119N9O26. The van der Waals surface area contributed by atoms with Crippen molar-refractivity contribution < 1.29 is 127 Å². The first-order chi connectivity index (χ1) is 56.1. The highest BCUT2D eigenvalue weighted by Gasteiger charge is 2.36. The first kappa shape index (κ1) is 103. The molecule has 0 aliphatic carbocycles. The maximum atomic E-state index is 14.1. The molecule has 0 saturated heterocycles. The highest BCUT2D eigenvalue weighted by Crippen LogP contribution is 2.24. The molecule has 4 aromatic rings. The van der Waals surface area contributed by atoms with Gasteiger partial charge in [-0.15, -0.1) is 0 Å². The van der Waals surface area contributed by atoms with Gasteiger partial charge in [-0.1, -0.05) is 105 Å². The molecule has 9 amide bonds. The van der Waals surface area contributed by atoms with Crippen molar-refractivity contribution in [3.8, 4) is 11.5 Å². The van der Waals surface area contributed by atoms with Gasteiger partial charge in [-0.25, -0.2) is 21.9 Å². The Kier molecular flexibility index (Phi) is 54.4. The Morgan fingerprint density at radius 3 is 1.09 bits per heavy atom. The van der Waals surface area contributed by atoms with Gasteiger partial charge in [0.05, 0.1) is 83.6 Å². The molecule has 4 rings (SSSR count). The number of hydrogen-bond donors (Lipinski definition) is 15. The van der Waals surface area contributed by atoms with E-state index in [1.807, 2.05) is 0 Å². The number of ketones is 5. The maximum Gasteiger partial charge on any atom is 0.243 e. The zero-order chi connectivity index (χ0) is 86.7. The SMILES string of the molecule is CCC.COCCOCCOCCCC(=O)[C@@H](CCC(=O)NO)NC(=O)[C@H](CCC(=O)NO)CC(=O)[C@@H](Cc1ccccc1)NC(=O)[C@@H](CC(C)=O)Cc1ccc(O)cc1.COCCOCCOCCNC(=O)[C@H](CCC(=O)NO)CC(=O)[C@@H](CCC(=O)NO)NC(=O)[C@H](CC(=O)[C@H](Cc1ccc(O)cc1)NC(C)=O)Cc1ccccc1. The fourth-order valence-electron chi connectivity index (χ4n) is 11.7. The number of benzene rings is 4. The molecule has 0 heterocycles. The highest BCUT2D eigenvalue weighted by atomic mass is 16.5. The lowest BCUT2D eigenvalue weighted by molar-refractivity contribution is -0.136. The minimum atomic E-state index is -1.37. The van der Waals surface area contributed by atoms with Gasteiger partial charge in [0.1, 0.15) is 17.3 Å². The van der Waals surface area contributed by atoms with Crippen molar-refractivity contribution in [2.45, 2.75) is 174 Å². The predicted molar refractivity (Wildman–Crippen MR) is 422 cm³/mol. The number of nitrogens with one attached hydrogen (secondary N) is 9. The van der Waals surface area contributed by atoms with Crippen LogP contribution in [0.3, 0.4) is 0 Å². The molecule has 0 unspecified atom stereocenters. The number of Topliss-reactive ketones (excluding diaryl/α,β-unsaturated/α-hetero) is 5. The van der Waals surface area contributed by atoms with Gasteiger partial charge in [0, 0.05) is 116 Å². The van der Waals surface area contributed by atoms with E-state index in [4.69, 9.17) is 49.3 Å². The second-order valence-electron chi connectivity index (χ2n) is 27.6. The number of methoxy groups -OCH3 is 2. The Bertz CT molecular complexity index is 3400. The van der Waals surface area contributed by atoms with Crippen molar-refractivity contribution in [2.75, 3.05) is 86.8 Å². The molecule has 15 N–H and O–H groups in total. The number of aromatic hydroxyl groups is 2. The summed E-state index contributed by atoms with van der Waals surface area (Å²) >= 11 is 0. The summed E-state index contributed by atoms with van der Waals surface area (Å²) in [5.74, 6) is -13.0. The molecule has 0 aliphatic rings. The van der Waals surface area contributed by atoms with Crippen molar-refractivity contribution in [1.82, 2.24) is 48.5 Å². The molecule has 648 valence electrons. The van der Waals surface area contributed by atoms with Crippen LogP contribution in [0.25, 0.3) is 0 Å². The molecule has 35 heteroatoms. The quantitative estimate of drug-likeness (QED) is 0.0169. The highest BCUT2D eigenvalue weighted by molar-refractivity contribution is 5.98. The molecule has 4 aromatic carbocycles. The number of phenolic OH excluding ortho intramolecular Hbond substituents is 2. The maximum absolute atomic E-state index is 14.1. The average molecular weight is 1650 g/mol. The van der Waals surface area contributed by atoms with Gasteiger partial charge >= 0.3 is 0 Å². The number of hydrogen-bond acceptors (Lipinski definition) is 26. The largest absolute Gasteiger partial charge is 0.508 e. The van der Waals surface area contributed by atoms with Crippen molar-refractivity contribution in [1.29, 1.82) is 0 Å². The lowest BCUT2D eigenvalue weighted by atomic mass is 9.88. The number of amides is 9. The summed E-state index contributed by atoms with van der Waals surface area (Å²) in [5.41, 5.74) is 8.65. The van der Waals surface area contributed by atoms with Crippen LogP contribution in [-0.2, 0) is 121 Å². The molecular weight excluding hydrogens is 1530 g/mol. The summed E-state index contributed by atoms with van der Waals surface area (Å²) in [4.78, 5) is 182. The van der Waals surface area contributed by atoms with Gasteiger partial charge in [-0.2, -0.15) is 0 Å². The van der Waals surface area contributed by atoms with E-state index in [9.17, 15) is 77.3 Å². The Morgan fingerprint density at radius 1 is 0.342 bits per heavy atom. The van der Waals surface area contributed by atoms with Crippen LogP contribution in [0.15, 0.2) is 109 Å². The predicted octanol–water partition coefficient (Wildman–Crippen LogP) is 4.02. The number of carbonyl (C=O) groups is 14. The van der Waals surface area contributed by atoms with E-state index in [-0.39, 0.29) is 147 Å². The van der Waals surface area contributed by atoms with E-state index < -0.39 is 143 Å². The third-order valence-corrected chi connectivity index (χ3v) is 17.8. The van der Waals surface area contributed by atoms with E-state index in [1.54, 1.807) is 99.1 Å². The fraction of sp³-hybridized carbons (Fsp3) is 0.537. The minimum absolute atomic E-state index is 0.0186. The zero-order valence-electron chi connectivity index (χ0n) is 67.6. The first-order valence-electron chi connectivity index (χ1n) is 38.8. The Hall–Kier alpha value is -10.3. The van der Waals surface area contributed by atoms with E-state index in [0.717, 1.165) is 0 Å². The molecule has 0 saturated carbocycles. The van der Waals surface area contributed by atoms with Crippen LogP contribution in [0.1, 0.15) is 146 Å². The van der Waals surface area contributed by atoms with Crippen LogP contribution in [0, 0.1) is 23.7 Å². The van der Waals surface area contributed by atoms with Crippen LogP contribution < -0.4 is 48.5 Å². The third kappa shape index (κ3) is 46.9. The molecule has 0 radical (unpaired) electrons. The number of hydroxylamine groups is 4. The van der Waals surface area contributed by atoms with Crippen molar-refractivity contribution in [3.63, 3.8) is 0 Å². The summed E-state index contributed by atoms with van der Waals surface area (Å²) in [6, 6.07) is 25.1. The summed E-state index contributed by atoms with van der Waals surface area (Å²) in [6.07, 6.45) is -1.94. The average Bonchev–Trinajstić information content (AvgIpc) is 0.852. The van der Waals surface area contributed by atoms with Crippen LogP contribution in [0.2, 0.25) is 0 Å². The second-order valence-corrected chi connectivity index (χ2v) is 27.6. The van der Waals surface area contributed by atoms with Gasteiger partial charge in [0.15, 0.2) is 23.1 Å². The third-order valence-electron chi connectivity index (χ3n) is 17.8. The van der Waals surface area contributed by atoms with E-state index in [2.05, 4.69) is 40.4 Å². The van der Waals surface area contributed by atoms with Gasteiger partial charge in [0.2, 0.25) is 53.2 Å². The number of phenols is 2. The lowest BCUT2D eigenvalue weighted by Gasteiger charge is -2.25. The van der Waals surface area contributed by atoms with Gasteiger partial charge < -0.3 is 70.0 Å². The molecule has 0 aliphatic heterocycles. The van der Waals surface area contributed by atoms with E-state index >= 15 is 0 Å². The van der Waals surface area contributed by atoms with Crippen molar-refractivity contribution >= 4 is 82.1 Å². The summed E-state index contributed by atoms with van der Waals surface area (Å²) in [5, 5.41) is 69.0. The Morgan fingerprint density at radius 2 is 0.667 bits per heavy atom. The smallest absolute Gasteiger partial charge is 0.243 e. The summed E-state index contributed by atoms with van der Waals surface area (Å²) in [7, 11) is 3.11. The van der Waals surface area contributed by atoms with E-state index in [0.29, 0.717) is 61.9 Å². The topological polar surface area (TPSA) is 524 Å². The van der Waals surface area contributed by atoms with E-state index in [1.165, 1.54) is 66.5 Å². The molecule has 8 atom stereocenters. The standard InChI is InChI=1S/C40H56N4O13.C39H55N5O13.C3H8/c1-27(45)23-31(24-29-10-13-32(46)14-11-29)40(52)42-34(25-28-7-4-3-5-8-28)36(48)26-30(12-16-37(49)43-53)39(51)41-33(15-17-38(50)44-54)35(47)9-6-18-56-21-22-57-20-19-55-2;1-26(45)41-33(23-28-8-11-31(46)12-9-28)35(48)25-30(22-27-6-4-3-5-7-27)39(52)42-32(13-15-37(50)44-54)34(47)24-29(10-14-36(49)43-53)38(51)40-16-17-56-20-21-57-19-18-55-2;1-3-2/h3-5,7-8,10-11,13-14,30-31,33-34,46,53-54H,6,9,12,15-26H2,1-2H3,(H,41,51)(H,42,52)(H,43,49)(H,44,50);3-9,11-12,29-30,32-33,46,53-54H,10,13-25H2,1-2H3,(H,40,51)(H,41,45)(H,42,52)(H,43,49)(H,44,50);3H2,1-2H3/t30-,31+,33-,34-;29-,30+,32-,33+;/m11./s1. The van der Waals surface area contributed by atoms with Crippen LogP contribution >= 0.6 is 0 Å². The minimum Gasteiger partial charge on any atom is -0.508 e.